The first-order valence-corrected chi connectivity index (χ1v) is 10.9. The van der Waals surface area contributed by atoms with Crippen molar-refractivity contribution in [1.29, 1.82) is 0 Å². The van der Waals surface area contributed by atoms with Gasteiger partial charge in [0.05, 0.1) is 6.61 Å². The van der Waals surface area contributed by atoms with Crippen LogP contribution in [-0.4, -0.2) is 80.2 Å². The lowest BCUT2D eigenvalue weighted by Crippen LogP contribution is -2.51. The molecule has 0 radical (unpaired) electrons. The molecule has 1 rings (SSSR count). The molecular weight excluding hydrogens is 497 g/mol. The Labute approximate surface area is 199 Å². The predicted molar refractivity (Wildman–Crippen MR) is 132 cm³/mol. The van der Waals surface area contributed by atoms with Gasteiger partial charge in [-0.05, 0) is 39.0 Å². The molecule has 0 aromatic heterocycles. The van der Waals surface area contributed by atoms with Gasteiger partial charge in [-0.3, -0.25) is 4.79 Å². The van der Waals surface area contributed by atoms with E-state index in [9.17, 15) is 9.59 Å². The summed E-state index contributed by atoms with van der Waals surface area (Å²) in [6, 6.07) is 0.485. The Balaban J connectivity index is 0.00000841. The summed E-state index contributed by atoms with van der Waals surface area (Å²) in [7, 11) is 3.47. The maximum atomic E-state index is 12.0. The van der Waals surface area contributed by atoms with Gasteiger partial charge in [0.25, 0.3) is 0 Å². The molecule has 2 N–H and O–H groups in total. The number of ether oxygens (including phenoxy) is 1. The van der Waals surface area contributed by atoms with Crippen LogP contribution in [0, 0.1) is 5.92 Å². The van der Waals surface area contributed by atoms with Crippen LogP contribution in [-0.2, 0) is 9.53 Å². The van der Waals surface area contributed by atoms with Crippen LogP contribution >= 0.6 is 24.0 Å². The number of rotatable bonds is 9. The monoisotopic (exact) mass is 539 g/mol. The molecule has 2 amide bonds. The number of nitrogens with one attached hydrogen (secondary N) is 2. The number of amides is 2. The Bertz CT molecular complexity index is 535. The van der Waals surface area contributed by atoms with Crippen LogP contribution in [0.3, 0.4) is 0 Å². The summed E-state index contributed by atoms with van der Waals surface area (Å²) in [5.74, 6) is 1.35. The molecule has 0 spiro atoms. The highest BCUT2D eigenvalue weighted by Crippen LogP contribution is 2.12. The maximum Gasteiger partial charge on any atom is 0.409 e. The molecule has 176 valence electrons. The lowest BCUT2D eigenvalue weighted by atomic mass is 10.0. The standard InChI is InChI=1S/C21H41N5O3.HI/c1-7-29-21(28)26-13-11-18(12-14-26)24-20(22-15-19(27)25(5)6)23-17(4)10-8-9-16(2)3;/h16-18H,7-15H2,1-6H3,(H2,22,23,24);1H. The van der Waals surface area contributed by atoms with E-state index >= 15 is 0 Å². The van der Waals surface area contributed by atoms with Crippen molar-refractivity contribution >= 4 is 41.9 Å². The summed E-state index contributed by atoms with van der Waals surface area (Å²) in [6.07, 6.45) is 4.83. The molecule has 1 heterocycles. The largest absolute Gasteiger partial charge is 0.450 e. The van der Waals surface area contributed by atoms with Crippen LogP contribution < -0.4 is 10.6 Å². The summed E-state index contributed by atoms with van der Waals surface area (Å²) >= 11 is 0. The van der Waals surface area contributed by atoms with Crippen molar-refractivity contribution in [3.8, 4) is 0 Å². The van der Waals surface area contributed by atoms with Gasteiger partial charge in [0.2, 0.25) is 5.91 Å². The number of carbonyl (C=O) groups is 2. The SMILES string of the molecule is CCOC(=O)N1CCC(NC(=NCC(=O)N(C)C)NC(C)CCCC(C)C)CC1.I. The first-order valence-electron chi connectivity index (χ1n) is 10.9. The molecule has 0 saturated carbocycles. The number of hydrogen-bond donors (Lipinski definition) is 2. The smallest absolute Gasteiger partial charge is 0.409 e. The number of likely N-dealkylation sites (N-methyl/N-ethyl adjacent to an activating group) is 1. The Hall–Kier alpha value is -1.26. The third kappa shape index (κ3) is 11.8. The topological polar surface area (TPSA) is 86.3 Å². The quantitative estimate of drug-likeness (QED) is 0.267. The average Bonchev–Trinajstić information content (AvgIpc) is 2.66. The van der Waals surface area contributed by atoms with Crippen molar-refractivity contribution in [1.82, 2.24) is 20.4 Å². The third-order valence-corrected chi connectivity index (χ3v) is 5.03. The number of guanidine groups is 1. The molecule has 0 aromatic carbocycles. The van der Waals surface area contributed by atoms with Gasteiger partial charge < -0.3 is 25.2 Å². The Morgan fingerprint density at radius 3 is 2.33 bits per heavy atom. The maximum absolute atomic E-state index is 12.0. The van der Waals surface area contributed by atoms with Crippen molar-refractivity contribution < 1.29 is 14.3 Å². The summed E-state index contributed by atoms with van der Waals surface area (Å²) in [6.45, 7) is 10.3. The lowest BCUT2D eigenvalue weighted by Gasteiger charge is -2.33. The fraction of sp³-hybridized carbons (Fsp3) is 0.857. The third-order valence-electron chi connectivity index (χ3n) is 5.03. The highest BCUT2D eigenvalue weighted by molar-refractivity contribution is 14.0. The van der Waals surface area contributed by atoms with Gasteiger partial charge in [0, 0.05) is 39.3 Å². The summed E-state index contributed by atoms with van der Waals surface area (Å²) in [5, 5.41) is 6.91. The number of hydrogen-bond acceptors (Lipinski definition) is 4. The minimum Gasteiger partial charge on any atom is -0.450 e. The van der Waals surface area contributed by atoms with Gasteiger partial charge in [-0.25, -0.2) is 9.79 Å². The van der Waals surface area contributed by atoms with E-state index in [1.165, 1.54) is 6.42 Å². The van der Waals surface area contributed by atoms with Crippen LogP contribution in [0.2, 0.25) is 0 Å². The minimum atomic E-state index is -0.242. The molecule has 1 unspecified atom stereocenters. The van der Waals surface area contributed by atoms with Gasteiger partial charge >= 0.3 is 6.09 Å². The van der Waals surface area contributed by atoms with E-state index in [2.05, 4.69) is 36.4 Å². The first kappa shape index (κ1) is 28.7. The number of halogens is 1. The predicted octanol–water partition coefficient (Wildman–Crippen LogP) is 3.06. The van der Waals surface area contributed by atoms with Crippen LogP contribution in [0.25, 0.3) is 0 Å². The molecule has 1 saturated heterocycles. The number of piperidine rings is 1. The molecule has 1 aliphatic heterocycles. The molecule has 9 heteroatoms. The van der Waals surface area contributed by atoms with Gasteiger partial charge in [-0.2, -0.15) is 0 Å². The second kappa shape index (κ2) is 15.5. The average molecular weight is 540 g/mol. The van der Waals surface area contributed by atoms with E-state index in [-0.39, 0.29) is 54.6 Å². The van der Waals surface area contributed by atoms with Crippen molar-refractivity contribution in [3.63, 3.8) is 0 Å². The highest BCUT2D eigenvalue weighted by atomic mass is 127. The van der Waals surface area contributed by atoms with Crippen LogP contribution in [0.5, 0.6) is 0 Å². The van der Waals surface area contributed by atoms with Crippen molar-refractivity contribution in [2.45, 2.75) is 71.9 Å². The molecule has 1 atom stereocenters. The fourth-order valence-corrected chi connectivity index (χ4v) is 3.17. The second-order valence-electron chi connectivity index (χ2n) is 8.43. The summed E-state index contributed by atoms with van der Waals surface area (Å²) in [5.41, 5.74) is 0. The van der Waals surface area contributed by atoms with E-state index in [0.29, 0.717) is 31.6 Å². The van der Waals surface area contributed by atoms with E-state index in [0.717, 1.165) is 25.7 Å². The molecule has 1 fully saturated rings. The molecule has 1 aliphatic rings. The number of nitrogens with zero attached hydrogens (tertiary/aromatic N) is 3. The summed E-state index contributed by atoms with van der Waals surface area (Å²) < 4.78 is 5.08. The zero-order valence-electron chi connectivity index (χ0n) is 19.6. The number of likely N-dealkylation sites (tertiary alicyclic amines) is 1. The Morgan fingerprint density at radius 1 is 1.17 bits per heavy atom. The van der Waals surface area contributed by atoms with E-state index in [4.69, 9.17) is 4.74 Å². The van der Waals surface area contributed by atoms with Gasteiger partial charge in [0.1, 0.15) is 6.54 Å². The minimum absolute atomic E-state index is 0. The van der Waals surface area contributed by atoms with E-state index < -0.39 is 0 Å². The van der Waals surface area contributed by atoms with Gasteiger partial charge in [0.15, 0.2) is 5.96 Å². The Kier molecular flexibility index (Phi) is 14.9. The molecule has 30 heavy (non-hydrogen) atoms. The van der Waals surface area contributed by atoms with Crippen molar-refractivity contribution in [2.75, 3.05) is 40.3 Å². The van der Waals surface area contributed by atoms with E-state index in [1.807, 2.05) is 6.92 Å². The normalized spacial score (nSPS) is 16.0. The van der Waals surface area contributed by atoms with Crippen LogP contribution in [0.4, 0.5) is 4.79 Å². The van der Waals surface area contributed by atoms with Gasteiger partial charge in [-0.1, -0.05) is 26.7 Å². The molecule has 0 bridgehead atoms. The van der Waals surface area contributed by atoms with Crippen LogP contribution in [0.1, 0.15) is 59.8 Å². The molecule has 0 aliphatic carbocycles. The molecule has 0 aromatic rings. The van der Waals surface area contributed by atoms with Gasteiger partial charge in [-0.15, -0.1) is 24.0 Å². The number of carbonyl (C=O) groups excluding carboxylic acids is 2. The Morgan fingerprint density at radius 2 is 1.80 bits per heavy atom. The summed E-state index contributed by atoms with van der Waals surface area (Å²) in [4.78, 5) is 31.6. The zero-order chi connectivity index (χ0) is 21.8. The van der Waals surface area contributed by atoms with Crippen LogP contribution in [0.15, 0.2) is 4.99 Å². The zero-order valence-corrected chi connectivity index (χ0v) is 21.9. The number of aliphatic imine (C=N–C) groups is 1. The molecular formula is C21H42IN5O3. The fourth-order valence-electron chi connectivity index (χ4n) is 3.17. The molecule has 8 nitrogen and oxygen atoms in total. The first-order chi connectivity index (χ1) is 13.7. The van der Waals surface area contributed by atoms with E-state index in [1.54, 1.807) is 23.9 Å². The van der Waals surface area contributed by atoms with Crippen molar-refractivity contribution in [3.05, 3.63) is 0 Å². The highest BCUT2D eigenvalue weighted by Gasteiger charge is 2.24. The van der Waals surface area contributed by atoms with Crippen molar-refractivity contribution in [2.24, 2.45) is 10.9 Å². The lowest BCUT2D eigenvalue weighted by molar-refractivity contribution is -0.127. The second-order valence-corrected chi connectivity index (χ2v) is 8.43.